The van der Waals surface area contributed by atoms with Crippen molar-refractivity contribution in [3.8, 4) is 28.3 Å². The number of nitrogens with one attached hydrogen (secondary N) is 1. The molecule has 1 N–H and O–H groups in total. The van der Waals surface area contributed by atoms with Crippen LogP contribution < -0.4 is 10.1 Å². The van der Waals surface area contributed by atoms with Crippen LogP contribution in [0.25, 0.3) is 22.6 Å². The van der Waals surface area contributed by atoms with Crippen LogP contribution in [0.1, 0.15) is 10.4 Å². The number of carbonyl (C=O) groups is 1. The van der Waals surface area contributed by atoms with E-state index in [2.05, 4.69) is 10.3 Å². The Hall–Kier alpha value is -4.00. The molecule has 30 heavy (non-hydrogen) atoms. The molecule has 0 spiro atoms. The molecule has 150 valence electrons. The summed E-state index contributed by atoms with van der Waals surface area (Å²) in [6.07, 6.45) is 3.06. The summed E-state index contributed by atoms with van der Waals surface area (Å²) >= 11 is 0. The van der Waals surface area contributed by atoms with E-state index in [9.17, 15) is 13.6 Å². The van der Waals surface area contributed by atoms with E-state index in [4.69, 9.17) is 9.15 Å². The number of carbonyl (C=O) groups excluding carboxylic acids is 1. The number of nitrogens with zero attached hydrogens (tertiary/aromatic N) is 1. The standard InChI is InChI=1S/C23H16F2N2O3/c1-29-20-10-7-15(23-26-11-12-30-23)13-17(20)14-5-8-16(9-6-14)27-22(28)21-18(24)3-2-4-19(21)25/h2-13H,1H3,(H,27,28). The Morgan fingerprint density at radius 1 is 1.00 bits per heavy atom. The molecule has 0 aliphatic heterocycles. The minimum atomic E-state index is -0.919. The first-order chi connectivity index (χ1) is 14.6. The van der Waals surface area contributed by atoms with E-state index in [0.29, 0.717) is 17.3 Å². The van der Waals surface area contributed by atoms with Crippen molar-refractivity contribution in [3.05, 3.63) is 90.3 Å². The number of anilines is 1. The summed E-state index contributed by atoms with van der Waals surface area (Å²) in [6.45, 7) is 0. The van der Waals surface area contributed by atoms with Crippen LogP contribution in [0.15, 0.2) is 77.5 Å². The normalized spacial score (nSPS) is 10.6. The largest absolute Gasteiger partial charge is 0.496 e. The summed E-state index contributed by atoms with van der Waals surface area (Å²) in [7, 11) is 1.57. The summed E-state index contributed by atoms with van der Waals surface area (Å²) in [5.41, 5.74) is 2.17. The predicted molar refractivity (Wildman–Crippen MR) is 108 cm³/mol. The van der Waals surface area contributed by atoms with E-state index in [-0.39, 0.29) is 0 Å². The molecule has 0 atom stereocenters. The highest BCUT2D eigenvalue weighted by molar-refractivity contribution is 6.04. The summed E-state index contributed by atoms with van der Waals surface area (Å²) in [4.78, 5) is 16.4. The van der Waals surface area contributed by atoms with E-state index in [1.807, 2.05) is 18.2 Å². The predicted octanol–water partition coefficient (Wildman–Crippen LogP) is 5.55. The average molecular weight is 406 g/mol. The number of hydrogen-bond acceptors (Lipinski definition) is 4. The van der Waals surface area contributed by atoms with Gasteiger partial charge >= 0.3 is 0 Å². The molecule has 0 unspecified atom stereocenters. The van der Waals surface area contributed by atoms with Crippen LogP contribution in [0.5, 0.6) is 5.75 Å². The van der Waals surface area contributed by atoms with Gasteiger partial charge in [0.1, 0.15) is 29.2 Å². The van der Waals surface area contributed by atoms with Crippen LogP contribution in [0, 0.1) is 11.6 Å². The molecule has 7 heteroatoms. The van der Waals surface area contributed by atoms with Crippen molar-refractivity contribution in [2.75, 3.05) is 12.4 Å². The van der Waals surface area contributed by atoms with E-state index in [0.717, 1.165) is 28.8 Å². The van der Waals surface area contributed by atoms with Gasteiger partial charge in [-0.25, -0.2) is 13.8 Å². The van der Waals surface area contributed by atoms with E-state index in [1.165, 1.54) is 12.3 Å². The molecule has 1 aromatic heterocycles. The van der Waals surface area contributed by atoms with Gasteiger partial charge in [0.05, 0.1) is 13.3 Å². The third-order valence-corrected chi connectivity index (χ3v) is 4.52. The van der Waals surface area contributed by atoms with Gasteiger partial charge in [-0.05, 0) is 48.0 Å². The third-order valence-electron chi connectivity index (χ3n) is 4.52. The van der Waals surface area contributed by atoms with Gasteiger partial charge in [-0.3, -0.25) is 4.79 Å². The van der Waals surface area contributed by atoms with Crippen LogP contribution in [-0.2, 0) is 0 Å². The highest BCUT2D eigenvalue weighted by Crippen LogP contribution is 2.34. The Morgan fingerprint density at radius 2 is 1.70 bits per heavy atom. The zero-order valence-electron chi connectivity index (χ0n) is 15.9. The number of amides is 1. The van der Waals surface area contributed by atoms with E-state index < -0.39 is 23.1 Å². The van der Waals surface area contributed by atoms with Crippen LogP contribution in [0.2, 0.25) is 0 Å². The minimum Gasteiger partial charge on any atom is -0.496 e. The molecule has 4 rings (SSSR count). The van der Waals surface area contributed by atoms with Crippen LogP contribution in [-0.4, -0.2) is 18.0 Å². The fraction of sp³-hybridized carbons (Fsp3) is 0.0435. The summed E-state index contributed by atoms with van der Waals surface area (Å²) in [5, 5.41) is 2.51. The van der Waals surface area contributed by atoms with Crippen molar-refractivity contribution in [1.29, 1.82) is 0 Å². The van der Waals surface area contributed by atoms with Gasteiger partial charge in [0.2, 0.25) is 5.89 Å². The average Bonchev–Trinajstić information content (AvgIpc) is 3.29. The SMILES string of the molecule is COc1ccc(-c2ncco2)cc1-c1ccc(NC(=O)c2c(F)cccc2F)cc1. The topological polar surface area (TPSA) is 64.4 Å². The van der Waals surface area contributed by atoms with Gasteiger partial charge in [0.25, 0.3) is 5.91 Å². The van der Waals surface area contributed by atoms with Crippen molar-refractivity contribution in [1.82, 2.24) is 4.98 Å². The summed E-state index contributed by atoms with van der Waals surface area (Å²) < 4.78 is 38.4. The first-order valence-electron chi connectivity index (χ1n) is 9.00. The highest BCUT2D eigenvalue weighted by Gasteiger charge is 2.17. The lowest BCUT2D eigenvalue weighted by Crippen LogP contribution is -2.15. The van der Waals surface area contributed by atoms with Gasteiger partial charge in [-0.2, -0.15) is 0 Å². The fourth-order valence-electron chi connectivity index (χ4n) is 3.07. The van der Waals surface area contributed by atoms with Gasteiger partial charge < -0.3 is 14.5 Å². The Morgan fingerprint density at radius 3 is 2.33 bits per heavy atom. The Bertz CT molecular complexity index is 1170. The molecule has 0 radical (unpaired) electrons. The van der Waals surface area contributed by atoms with Crippen LogP contribution in [0.4, 0.5) is 14.5 Å². The van der Waals surface area contributed by atoms with Gasteiger partial charge in [0.15, 0.2) is 0 Å². The zero-order valence-corrected chi connectivity index (χ0v) is 15.9. The maximum absolute atomic E-state index is 13.8. The molecule has 0 aliphatic carbocycles. The van der Waals surface area contributed by atoms with Gasteiger partial charge in [-0.15, -0.1) is 0 Å². The molecule has 0 aliphatic rings. The first kappa shape index (κ1) is 19.3. The molecule has 0 saturated heterocycles. The fourth-order valence-corrected chi connectivity index (χ4v) is 3.07. The zero-order chi connectivity index (χ0) is 21.1. The Labute approximate surface area is 171 Å². The highest BCUT2D eigenvalue weighted by atomic mass is 19.1. The van der Waals surface area contributed by atoms with Crippen molar-refractivity contribution < 1.29 is 22.7 Å². The van der Waals surface area contributed by atoms with Gasteiger partial charge in [0, 0.05) is 16.8 Å². The second kappa shape index (κ2) is 8.16. The monoisotopic (exact) mass is 406 g/mol. The number of rotatable bonds is 5. The van der Waals surface area contributed by atoms with E-state index >= 15 is 0 Å². The molecule has 5 nitrogen and oxygen atoms in total. The smallest absolute Gasteiger partial charge is 0.261 e. The molecule has 4 aromatic rings. The number of methoxy groups -OCH3 is 1. The molecule has 1 heterocycles. The lowest BCUT2D eigenvalue weighted by molar-refractivity contribution is 0.101. The second-order valence-electron chi connectivity index (χ2n) is 6.38. The molecule has 0 bridgehead atoms. The summed E-state index contributed by atoms with van der Waals surface area (Å²) in [6, 6.07) is 15.6. The van der Waals surface area contributed by atoms with Gasteiger partial charge in [-0.1, -0.05) is 18.2 Å². The number of ether oxygens (including phenoxy) is 1. The second-order valence-corrected chi connectivity index (χ2v) is 6.38. The number of halogens is 2. The van der Waals surface area contributed by atoms with Crippen LogP contribution >= 0.6 is 0 Å². The summed E-state index contributed by atoms with van der Waals surface area (Å²) in [5.74, 6) is -1.57. The van der Waals surface area contributed by atoms with Crippen molar-refractivity contribution in [3.63, 3.8) is 0 Å². The molecular formula is C23H16F2N2O3. The maximum atomic E-state index is 13.8. The number of aromatic nitrogens is 1. The minimum absolute atomic E-state index is 0.397. The molecular weight excluding hydrogens is 390 g/mol. The lowest BCUT2D eigenvalue weighted by Gasteiger charge is -2.11. The van der Waals surface area contributed by atoms with Crippen molar-refractivity contribution in [2.24, 2.45) is 0 Å². The van der Waals surface area contributed by atoms with Crippen LogP contribution in [0.3, 0.4) is 0 Å². The molecule has 3 aromatic carbocycles. The quantitative estimate of drug-likeness (QED) is 0.472. The number of hydrogen-bond donors (Lipinski definition) is 1. The lowest BCUT2D eigenvalue weighted by atomic mass is 10.0. The number of oxazole rings is 1. The Kier molecular flexibility index (Phi) is 5.26. The maximum Gasteiger partial charge on any atom is 0.261 e. The van der Waals surface area contributed by atoms with Crippen molar-refractivity contribution >= 4 is 11.6 Å². The van der Waals surface area contributed by atoms with E-state index in [1.54, 1.807) is 37.6 Å². The molecule has 0 saturated carbocycles. The number of benzene rings is 3. The molecule has 1 amide bonds. The molecule has 0 fully saturated rings. The third kappa shape index (κ3) is 3.77. The first-order valence-corrected chi connectivity index (χ1v) is 9.00. The van der Waals surface area contributed by atoms with Crippen molar-refractivity contribution in [2.45, 2.75) is 0 Å². The Balaban J connectivity index is 1.61.